The Kier molecular flexibility index (Phi) is 5.98. The number of hydrogen-bond acceptors (Lipinski definition) is 3. The Morgan fingerprint density at radius 3 is 2.20 bits per heavy atom. The van der Waals surface area contributed by atoms with E-state index < -0.39 is 0 Å². The molecule has 0 radical (unpaired) electrons. The molecule has 0 aromatic heterocycles. The van der Waals surface area contributed by atoms with Crippen LogP contribution in [0, 0.1) is 0 Å². The number of fused-ring (bicyclic) bond motifs is 1. The van der Waals surface area contributed by atoms with Crippen LogP contribution in [0.25, 0.3) is 10.8 Å². The van der Waals surface area contributed by atoms with E-state index >= 15 is 0 Å². The molecule has 5 nitrogen and oxygen atoms in total. The Morgan fingerprint density at radius 1 is 0.833 bits per heavy atom. The lowest BCUT2D eigenvalue weighted by Gasteiger charge is -2.34. The molecule has 1 fully saturated rings. The Hall–Kier alpha value is -3.34. The van der Waals surface area contributed by atoms with Crippen LogP contribution in [0.5, 0.6) is 5.75 Å². The smallest absolute Gasteiger partial charge is 0.260 e. The van der Waals surface area contributed by atoms with E-state index in [1.807, 2.05) is 71.6 Å². The zero-order valence-electron chi connectivity index (χ0n) is 17.2. The largest absolute Gasteiger partial charge is 0.484 e. The van der Waals surface area contributed by atoms with Crippen LogP contribution in [0.1, 0.15) is 22.8 Å². The molecule has 4 rings (SSSR count). The molecule has 0 saturated carbocycles. The second kappa shape index (κ2) is 8.99. The molecule has 0 N–H and O–H groups in total. The molecule has 0 unspecified atom stereocenters. The Morgan fingerprint density at radius 2 is 1.50 bits per heavy atom. The third kappa shape index (κ3) is 4.46. The molecule has 0 bridgehead atoms. The maximum absolute atomic E-state index is 12.7. The maximum Gasteiger partial charge on any atom is 0.260 e. The van der Waals surface area contributed by atoms with Crippen LogP contribution in [0.3, 0.4) is 0 Å². The number of hydrogen-bond donors (Lipinski definition) is 0. The van der Waals surface area contributed by atoms with Gasteiger partial charge in [-0.15, -0.1) is 0 Å². The summed E-state index contributed by atoms with van der Waals surface area (Å²) in [5.74, 6) is 0.658. The number of rotatable bonds is 5. The first-order valence-corrected chi connectivity index (χ1v) is 10.4. The minimum absolute atomic E-state index is 0.00473. The van der Waals surface area contributed by atoms with Crippen LogP contribution >= 0.6 is 0 Å². The molecule has 1 aliphatic rings. The summed E-state index contributed by atoms with van der Waals surface area (Å²) in [7, 11) is 0. The predicted octanol–water partition coefficient (Wildman–Crippen LogP) is 3.77. The second-order valence-electron chi connectivity index (χ2n) is 7.52. The van der Waals surface area contributed by atoms with Gasteiger partial charge in [-0.3, -0.25) is 9.59 Å². The number of ether oxygens (including phenoxy) is 1. The number of benzene rings is 3. The van der Waals surface area contributed by atoms with Crippen molar-refractivity contribution in [1.82, 2.24) is 9.80 Å². The van der Waals surface area contributed by atoms with Gasteiger partial charge in [-0.1, -0.05) is 49.4 Å². The lowest BCUT2D eigenvalue weighted by molar-refractivity contribution is -0.134. The van der Waals surface area contributed by atoms with Gasteiger partial charge >= 0.3 is 0 Å². The lowest BCUT2D eigenvalue weighted by atomic mass is 10.1. The molecule has 0 aliphatic carbocycles. The van der Waals surface area contributed by atoms with Crippen molar-refractivity contribution in [3.8, 4) is 5.75 Å². The highest BCUT2D eigenvalue weighted by Crippen LogP contribution is 2.20. The molecule has 0 atom stereocenters. The van der Waals surface area contributed by atoms with Gasteiger partial charge in [0, 0.05) is 31.7 Å². The summed E-state index contributed by atoms with van der Waals surface area (Å²) in [6.45, 7) is 4.23. The van der Waals surface area contributed by atoms with Gasteiger partial charge in [0.05, 0.1) is 0 Å². The highest BCUT2D eigenvalue weighted by atomic mass is 16.5. The molecule has 0 spiro atoms. The minimum Gasteiger partial charge on any atom is -0.484 e. The van der Waals surface area contributed by atoms with E-state index in [0.29, 0.717) is 37.5 Å². The van der Waals surface area contributed by atoms with Crippen LogP contribution in [-0.2, 0) is 11.2 Å². The topological polar surface area (TPSA) is 49.9 Å². The zero-order chi connectivity index (χ0) is 20.9. The minimum atomic E-state index is -0.0532. The van der Waals surface area contributed by atoms with Gasteiger partial charge in [-0.05, 0) is 47.0 Å². The number of carbonyl (C=O) groups excluding carboxylic acids is 2. The normalized spacial score (nSPS) is 14.0. The van der Waals surface area contributed by atoms with Crippen molar-refractivity contribution in [2.45, 2.75) is 13.3 Å². The van der Waals surface area contributed by atoms with Gasteiger partial charge in [0.15, 0.2) is 6.61 Å². The van der Waals surface area contributed by atoms with Crippen molar-refractivity contribution in [3.05, 3.63) is 77.9 Å². The van der Waals surface area contributed by atoms with Crippen molar-refractivity contribution in [1.29, 1.82) is 0 Å². The third-order valence-corrected chi connectivity index (χ3v) is 5.61. The molecule has 154 valence electrons. The average Bonchev–Trinajstić information content (AvgIpc) is 2.82. The van der Waals surface area contributed by atoms with Gasteiger partial charge < -0.3 is 14.5 Å². The molecule has 5 heteroatoms. The van der Waals surface area contributed by atoms with Crippen LogP contribution in [0.4, 0.5) is 0 Å². The van der Waals surface area contributed by atoms with Crippen LogP contribution in [0.15, 0.2) is 66.7 Å². The van der Waals surface area contributed by atoms with Crippen molar-refractivity contribution >= 4 is 22.6 Å². The predicted molar refractivity (Wildman–Crippen MR) is 118 cm³/mol. The molecule has 1 aliphatic heterocycles. The van der Waals surface area contributed by atoms with Crippen molar-refractivity contribution < 1.29 is 14.3 Å². The summed E-state index contributed by atoms with van der Waals surface area (Å²) in [4.78, 5) is 28.8. The molecule has 2 amide bonds. The van der Waals surface area contributed by atoms with Crippen LogP contribution in [0.2, 0.25) is 0 Å². The van der Waals surface area contributed by atoms with Gasteiger partial charge in [-0.25, -0.2) is 0 Å². The second-order valence-corrected chi connectivity index (χ2v) is 7.52. The number of piperazine rings is 1. The summed E-state index contributed by atoms with van der Waals surface area (Å²) in [6, 6.07) is 21.6. The molecular formula is C25H26N2O3. The van der Waals surface area contributed by atoms with Gasteiger partial charge in [0.2, 0.25) is 0 Å². The molecule has 3 aromatic rings. The Labute approximate surface area is 176 Å². The first-order chi connectivity index (χ1) is 14.6. The van der Waals surface area contributed by atoms with E-state index in [-0.39, 0.29) is 18.4 Å². The van der Waals surface area contributed by atoms with Gasteiger partial charge in [-0.2, -0.15) is 0 Å². The summed E-state index contributed by atoms with van der Waals surface area (Å²) in [6.07, 6.45) is 0.955. The summed E-state index contributed by atoms with van der Waals surface area (Å²) in [5, 5.41) is 2.22. The third-order valence-electron chi connectivity index (χ3n) is 5.61. The first-order valence-electron chi connectivity index (χ1n) is 10.4. The average molecular weight is 402 g/mol. The van der Waals surface area contributed by atoms with Crippen molar-refractivity contribution in [2.75, 3.05) is 32.8 Å². The lowest BCUT2D eigenvalue weighted by Crippen LogP contribution is -2.51. The van der Waals surface area contributed by atoms with E-state index in [1.165, 1.54) is 5.56 Å². The molecule has 1 heterocycles. The monoisotopic (exact) mass is 402 g/mol. The SMILES string of the molecule is CCc1ccc(C(=O)N2CCN(C(=O)COc3ccc4ccccc4c3)CC2)cc1. The van der Waals surface area contributed by atoms with E-state index in [1.54, 1.807) is 4.90 Å². The molecule has 30 heavy (non-hydrogen) atoms. The van der Waals surface area contributed by atoms with E-state index in [2.05, 4.69) is 6.92 Å². The van der Waals surface area contributed by atoms with Crippen LogP contribution in [-0.4, -0.2) is 54.4 Å². The molecule has 3 aromatic carbocycles. The van der Waals surface area contributed by atoms with E-state index in [9.17, 15) is 9.59 Å². The van der Waals surface area contributed by atoms with Crippen molar-refractivity contribution in [3.63, 3.8) is 0 Å². The van der Waals surface area contributed by atoms with E-state index in [4.69, 9.17) is 4.74 Å². The highest BCUT2D eigenvalue weighted by molar-refractivity contribution is 5.94. The first kappa shape index (κ1) is 20.0. The number of carbonyl (C=O) groups is 2. The highest BCUT2D eigenvalue weighted by Gasteiger charge is 2.25. The Bertz CT molecular complexity index is 1040. The number of aryl methyl sites for hydroxylation is 1. The number of nitrogens with zero attached hydrogens (tertiary/aromatic N) is 2. The molecule has 1 saturated heterocycles. The summed E-state index contributed by atoms with van der Waals surface area (Å²) < 4.78 is 5.72. The van der Waals surface area contributed by atoms with E-state index in [0.717, 1.165) is 17.2 Å². The fraction of sp³-hybridized carbons (Fsp3) is 0.280. The summed E-state index contributed by atoms with van der Waals surface area (Å²) in [5.41, 5.74) is 1.92. The van der Waals surface area contributed by atoms with Gasteiger partial charge in [0.25, 0.3) is 11.8 Å². The summed E-state index contributed by atoms with van der Waals surface area (Å²) >= 11 is 0. The standard InChI is InChI=1S/C25H26N2O3/c1-2-19-7-9-21(10-8-19)25(29)27-15-13-26(14-16-27)24(28)18-30-23-12-11-20-5-3-4-6-22(20)17-23/h3-12,17H,2,13-16,18H2,1H3. The number of amides is 2. The quantitative estimate of drug-likeness (QED) is 0.653. The zero-order valence-corrected chi connectivity index (χ0v) is 17.2. The van der Waals surface area contributed by atoms with Crippen molar-refractivity contribution in [2.24, 2.45) is 0 Å². The fourth-order valence-electron chi connectivity index (χ4n) is 3.72. The maximum atomic E-state index is 12.7. The fourth-order valence-corrected chi connectivity index (χ4v) is 3.72. The van der Waals surface area contributed by atoms with Crippen LogP contribution < -0.4 is 4.74 Å². The Balaban J connectivity index is 1.28. The molecular weight excluding hydrogens is 376 g/mol. The van der Waals surface area contributed by atoms with Gasteiger partial charge in [0.1, 0.15) is 5.75 Å².